The Balaban J connectivity index is 2.67. The number of ether oxygens (including phenoxy) is 1. The predicted molar refractivity (Wildman–Crippen MR) is 59.7 cm³/mol. The Morgan fingerprint density at radius 3 is 2.94 bits per heavy atom. The second kappa shape index (κ2) is 4.25. The van der Waals surface area contributed by atoms with E-state index in [-0.39, 0.29) is 5.69 Å². The summed E-state index contributed by atoms with van der Waals surface area (Å²) >= 11 is 0. The average Bonchev–Trinajstić information content (AvgIpc) is 2.67. The fourth-order valence-corrected chi connectivity index (χ4v) is 1.61. The van der Waals surface area contributed by atoms with E-state index in [0.717, 1.165) is 4.68 Å². The maximum atomic E-state index is 10.9. The van der Waals surface area contributed by atoms with Crippen LogP contribution in [0.15, 0.2) is 18.2 Å². The number of carbonyl (C=O) groups excluding carboxylic acids is 1. The molecule has 0 aliphatic carbocycles. The van der Waals surface area contributed by atoms with Gasteiger partial charge < -0.3 is 9.84 Å². The van der Waals surface area contributed by atoms with Crippen molar-refractivity contribution >= 4 is 23.3 Å². The van der Waals surface area contributed by atoms with Crippen molar-refractivity contribution in [1.82, 2.24) is 9.78 Å². The van der Waals surface area contributed by atoms with Crippen LogP contribution in [-0.2, 0) is 0 Å². The molecule has 0 fully saturated rings. The topological polar surface area (TPSA) is 81.4 Å². The van der Waals surface area contributed by atoms with E-state index in [0.29, 0.717) is 29.5 Å². The van der Waals surface area contributed by atoms with E-state index < -0.39 is 6.09 Å². The van der Waals surface area contributed by atoms with Crippen LogP contribution in [0.3, 0.4) is 0 Å². The summed E-state index contributed by atoms with van der Waals surface area (Å²) in [5.74, 6) is 0.577. The summed E-state index contributed by atoms with van der Waals surface area (Å²) < 4.78 is 6.06. The molecular weight excluding hydrogens is 224 g/mol. The lowest BCUT2D eigenvalue weighted by Crippen LogP contribution is -2.09. The van der Waals surface area contributed by atoms with Gasteiger partial charge in [0.25, 0.3) is 0 Å². The highest BCUT2D eigenvalue weighted by molar-refractivity contribution is 5.99. The lowest BCUT2D eigenvalue weighted by atomic mass is 10.2. The first-order valence-electron chi connectivity index (χ1n) is 5.01. The third-order valence-electron chi connectivity index (χ3n) is 2.28. The van der Waals surface area contributed by atoms with Crippen LogP contribution in [0.5, 0.6) is 5.75 Å². The molecule has 1 heterocycles. The van der Waals surface area contributed by atoms with Gasteiger partial charge in [-0.05, 0) is 25.1 Å². The Morgan fingerprint density at radius 2 is 2.35 bits per heavy atom. The standard InChI is InChI=1S/C11H10N2O4/c1-2-17-7-3-4-10-8(5-7)9(6-14)12-13(10)11(15)16/h3-6H,2H2,1H3,(H,15,16). The minimum absolute atomic E-state index is 0.0870. The van der Waals surface area contributed by atoms with E-state index in [4.69, 9.17) is 9.84 Å². The highest BCUT2D eigenvalue weighted by Gasteiger charge is 2.14. The molecule has 17 heavy (non-hydrogen) atoms. The van der Waals surface area contributed by atoms with Crippen LogP contribution in [0.2, 0.25) is 0 Å². The van der Waals surface area contributed by atoms with E-state index in [2.05, 4.69) is 5.10 Å². The van der Waals surface area contributed by atoms with Crippen molar-refractivity contribution in [2.45, 2.75) is 6.92 Å². The van der Waals surface area contributed by atoms with Crippen molar-refractivity contribution in [3.63, 3.8) is 0 Å². The molecule has 6 heteroatoms. The summed E-state index contributed by atoms with van der Waals surface area (Å²) in [5, 5.41) is 13.1. The number of aromatic nitrogens is 2. The van der Waals surface area contributed by atoms with Gasteiger partial charge in [-0.25, -0.2) is 4.79 Å². The number of rotatable bonds is 3. The van der Waals surface area contributed by atoms with Crippen LogP contribution in [-0.4, -0.2) is 33.9 Å². The minimum Gasteiger partial charge on any atom is -0.494 e. The highest BCUT2D eigenvalue weighted by atomic mass is 16.5. The number of nitrogens with zero attached hydrogens (tertiary/aromatic N) is 2. The summed E-state index contributed by atoms with van der Waals surface area (Å²) in [6.45, 7) is 2.33. The van der Waals surface area contributed by atoms with E-state index in [9.17, 15) is 9.59 Å². The molecule has 1 N–H and O–H groups in total. The van der Waals surface area contributed by atoms with Gasteiger partial charge in [0.1, 0.15) is 11.4 Å². The Bertz CT molecular complexity index is 588. The number of aldehydes is 1. The number of hydrogen-bond acceptors (Lipinski definition) is 4. The van der Waals surface area contributed by atoms with E-state index in [1.165, 1.54) is 0 Å². The first-order valence-corrected chi connectivity index (χ1v) is 5.01. The van der Waals surface area contributed by atoms with Gasteiger partial charge in [-0.3, -0.25) is 4.79 Å². The number of fused-ring (bicyclic) bond motifs is 1. The monoisotopic (exact) mass is 234 g/mol. The summed E-state index contributed by atoms with van der Waals surface area (Å²) in [6, 6.07) is 4.81. The number of carboxylic acid groups (broad SMARTS) is 1. The van der Waals surface area contributed by atoms with Crippen molar-refractivity contribution in [2.75, 3.05) is 6.61 Å². The van der Waals surface area contributed by atoms with Crippen molar-refractivity contribution < 1.29 is 19.4 Å². The van der Waals surface area contributed by atoms with Gasteiger partial charge in [0.15, 0.2) is 6.29 Å². The van der Waals surface area contributed by atoms with Crippen LogP contribution in [0.4, 0.5) is 4.79 Å². The normalized spacial score (nSPS) is 10.4. The maximum absolute atomic E-state index is 10.9. The highest BCUT2D eigenvalue weighted by Crippen LogP contribution is 2.23. The molecule has 0 unspecified atom stereocenters. The van der Waals surface area contributed by atoms with Crippen molar-refractivity contribution in [2.24, 2.45) is 0 Å². The summed E-state index contributed by atoms with van der Waals surface area (Å²) in [7, 11) is 0. The van der Waals surface area contributed by atoms with Gasteiger partial charge in [0.2, 0.25) is 0 Å². The summed E-state index contributed by atoms with van der Waals surface area (Å²) in [6.07, 6.45) is -0.704. The van der Waals surface area contributed by atoms with E-state index in [1.807, 2.05) is 6.92 Å². The first kappa shape index (κ1) is 11.1. The molecular formula is C11H10N2O4. The molecule has 0 spiro atoms. The molecule has 0 radical (unpaired) electrons. The van der Waals surface area contributed by atoms with Crippen LogP contribution < -0.4 is 4.74 Å². The largest absolute Gasteiger partial charge is 0.494 e. The fraction of sp³-hybridized carbons (Fsp3) is 0.182. The second-order valence-corrected chi connectivity index (χ2v) is 3.31. The van der Waals surface area contributed by atoms with Gasteiger partial charge in [-0.2, -0.15) is 9.78 Å². The molecule has 0 saturated carbocycles. The molecule has 0 aliphatic rings. The molecule has 0 aliphatic heterocycles. The SMILES string of the molecule is CCOc1ccc2c(c1)c(C=O)nn2C(=O)O. The molecule has 0 atom stereocenters. The first-order chi connectivity index (χ1) is 8.17. The molecule has 88 valence electrons. The molecule has 0 amide bonds. The van der Waals surface area contributed by atoms with Crippen LogP contribution in [0, 0.1) is 0 Å². The Kier molecular flexibility index (Phi) is 2.78. The number of carbonyl (C=O) groups is 2. The Morgan fingerprint density at radius 1 is 1.59 bits per heavy atom. The molecule has 0 bridgehead atoms. The lowest BCUT2D eigenvalue weighted by molar-refractivity contribution is 0.112. The third kappa shape index (κ3) is 1.84. The Labute approximate surface area is 96.4 Å². The zero-order valence-corrected chi connectivity index (χ0v) is 9.08. The number of benzene rings is 1. The molecule has 2 rings (SSSR count). The zero-order chi connectivity index (χ0) is 12.4. The van der Waals surface area contributed by atoms with Gasteiger partial charge >= 0.3 is 6.09 Å². The quantitative estimate of drug-likeness (QED) is 0.818. The van der Waals surface area contributed by atoms with Crippen molar-refractivity contribution in [1.29, 1.82) is 0 Å². The molecule has 0 saturated heterocycles. The minimum atomic E-state index is -1.23. The van der Waals surface area contributed by atoms with Crippen LogP contribution in [0.25, 0.3) is 10.9 Å². The average molecular weight is 234 g/mol. The van der Waals surface area contributed by atoms with Gasteiger partial charge in [0, 0.05) is 5.39 Å². The fourth-order valence-electron chi connectivity index (χ4n) is 1.61. The zero-order valence-electron chi connectivity index (χ0n) is 9.08. The van der Waals surface area contributed by atoms with Gasteiger partial charge in [-0.1, -0.05) is 0 Å². The smallest absolute Gasteiger partial charge is 0.432 e. The lowest BCUT2D eigenvalue weighted by Gasteiger charge is -2.02. The van der Waals surface area contributed by atoms with Crippen LogP contribution >= 0.6 is 0 Å². The van der Waals surface area contributed by atoms with Crippen molar-refractivity contribution in [3.05, 3.63) is 23.9 Å². The van der Waals surface area contributed by atoms with E-state index >= 15 is 0 Å². The molecule has 1 aromatic carbocycles. The predicted octanol–water partition coefficient (Wildman–Crippen LogP) is 1.77. The van der Waals surface area contributed by atoms with Gasteiger partial charge in [-0.15, -0.1) is 0 Å². The molecule has 2 aromatic rings. The molecule has 6 nitrogen and oxygen atoms in total. The Hall–Kier alpha value is -2.37. The maximum Gasteiger partial charge on any atom is 0.432 e. The summed E-state index contributed by atoms with van der Waals surface area (Å²) in [5.41, 5.74) is 0.451. The molecule has 1 aromatic heterocycles. The van der Waals surface area contributed by atoms with E-state index in [1.54, 1.807) is 18.2 Å². The number of hydrogen-bond donors (Lipinski definition) is 1. The summed E-state index contributed by atoms with van der Waals surface area (Å²) in [4.78, 5) is 21.7. The second-order valence-electron chi connectivity index (χ2n) is 3.31. The van der Waals surface area contributed by atoms with Crippen molar-refractivity contribution in [3.8, 4) is 5.75 Å². The van der Waals surface area contributed by atoms with Crippen LogP contribution in [0.1, 0.15) is 17.4 Å². The van der Waals surface area contributed by atoms with Gasteiger partial charge in [0.05, 0.1) is 12.1 Å². The third-order valence-corrected chi connectivity index (χ3v) is 2.28.